The highest BCUT2D eigenvalue weighted by Gasteiger charge is 1.95. The molecule has 0 unspecified atom stereocenters. The summed E-state index contributed by atoms with van der Waals surface area (Å²) >= 11 is 1.64. The van der Waals surface area contributed by atoms with E-state index in [0.717, 1.165) is 5.75 Å². The summed E-state index contributed by atoms with van der Waals surface area (Å²) < 4.78 is 4.65. The van der Waals surface area contributed by atoms with E-state index in [4.69, 9.17) is 5.73 Å². The first kappa shape index (κ1) is 8.78. The fourth-order valence-corrected chi connectivity index (χ4v) is 0.548. The van der Waals surface area contributed by atoms with Crippen LogP contribution in [0.5, 0.6) is 0 Å². The minimum atomic E-state index is -0.330. The molecule has 0 saturated heterocycles. The van der Waals surface area contributed by atoms with E-state index in [1.165, 1.54) is 0 Å². The van der Waals surface area contributed by atoms with Gasteiger partial charge in [-0.05, 0) is 6.26 Å². The molecule has 54 valence electrons. The lowest BCUT2D eigenvalue weighted by Crippen LogP contribution is -2.17. The third kappa shape index (κ3) is 5.65. The first-order valence-corrected chi connectivity index (χ1v) is 4.05. The number of thioether (sulfide) groups is 1. The van der Waals surface area contributed by atoms with Crippen LogP contribution in [0.1, 0.15) is 0 Å². The zero-order valence-electron chi connectivity index (χ0n) is 5.42. The molecular formula is C5H11NO2S. The summed E-state index contributed by atoms with van der Waals surface area (Å²) in [6.07, 6.45) is 1.95. The maximum Gasteiger partial charge on any atom is 0.319 e. The van der Waals surface area contributed by atoms with Crippen LogP contribution in [-0.4, -0.2) is 31.1 Å². The van der Waals surface area contributed by atoms with Gasteiger partial charge in [-0.3, -0.25) is 4.79 Å². The van der Waals surface area contributed by atoms with E-state index >= 15 is 0 Å². The van der Waals surface area contributed by atoms with Gasteiger partial charge in [-0.2, -0.15) is 11.8 Å². The highest BCUT2D eigenvalue weighted by atomic mass is 32.2. The number of rotatable bonds is 4. The molecule has 9 heavy (non-hydrogen) atoms. The molecule has 0 fully saturated rings. The second-order valence-electron chi connectivity index (χ2n) is 1.42. The van der Waals surface area contributed by atoms with Crippen molar-refractivity contribution < 1.29 is 9.53 Å². The van der Waals surface area contributed by atoms with E-state index in [9.17, 15) is 4.79 Å². The molecule has 0 aliphatic carbocycles. The van der Waals surface area contributed by atoms with Crippen LogP contribution in [0.15, 0.2) is 0 Å². The van der Waals surface area contributed by atoms with E-state index in [0.29, 0.717) is 6.61 Å². The van der Waals surface area contributed by atoms with Gasteiger partial charge in [0.1, 0.15) is 6.61 Å². The molecule has 0 atom stereocenters. The Bertz CT molecular complexity index is 87.0. The highest BCUT2D eigenvalue weighted by molar-refractivity contribution is 7.98. The predicted octanol–water partition coefficient (Wildman–Crippen LogP) is -0.149. The molecule has 0 aromatic carbocycles. The summed E-state index contributed by atoms with van der Waals surface area (Å²) in [6, 6.07) is 0. The second kappa shape index (κ2) is 5.91. The van der Waals surface area contributed by atoms with Crippen LogP contribution in [0.4, 0.5) is 0 Å². The molecule has 4 heteroatoms. The molecule has 0 heterocycles. The Hall–Kier alpha value is -0.220. The van der Waals surface area contributed by atoms with Crippen molar-refractivity contribution >= 4 is 17.7 Å². The molecule has 0 aromatic heterocycles. The van der Waals surface area contributed by atoms with Gasteiger partial charge in [0.25, 0.3) is 0 Å². The molecule has 2 N–H and O–H groups in total. The lowest BCUT2D eigenvalue weighted by molar-refractivity contribution is -0.141. The lowest BCUT2D eigenvalue weighted by Gasteiger charge is -1.99. The number of hydrogen-bond acceptors (Lipinski definition) is 4. The van der Waals surface area contributed by atoms with E-state index in [1.807, 2.05) is 6.26 Å². The maximum atomic E-state index is 10.3. The number of nitrogens with two attached hydrogens (primary N) is 1. The van der Waals surface area contributed by atoms with Crippen molar-refractivity contribution in [2.24, 2.45) is 5.73 Å². The first-order chi connectivity index (χ1) is 4.31. The summed E-state index contributed by atoms with van der Waals surface area (Å²) in [6.45, 7) is 0.450. The van der Waals surface area contributed by atoms with Gasteiger partial charge in [0, 0.05) is 5.75 Å². The molecule has 0 radical (unpaired) electrons. The summed E-state index contributed by atoms with van der Waals surface area (Å²) in [4.78, 5) is 10.3. The van der Waals surface area contributed by atoms with Crippen LogP contribution in [0.2, 0.25) is 0 Å². The van der Waals surface area contributed by atoms with Crippen LogP contribution in [0, 0.1) is 0 Å². The van der Waals surface area contributed by atoms with E-state index in [-0.39, 0.29) is 12.5 Å². The Balaban J connectivity index is 2.97. The molecule has 0 spiro atoms. The molecule has 0 bridgehead atoms. The van der Waals surface area contributed by atoms with Crippen LogP contribution in [0.3, 0.4) is 0 Å². The Morgan fingerprint density at radius 2 is 2.44 bits per heavy atom. The fraction of sp³-hybridized carbons (Fsp3) is 0.800. The van der Waals surface area contributed by atoms with Gasteiger partial charge in [0.15, 0.2) is 0 Å². The van der Waals surface area contributed by atoms with Gasteiger partial charge in [-0.15, -0.1) is 0 Å². The topological polar surface area (TPSA) is 52.3 Å². The number of hydrogen-bond donors (Lipinski definition) is 1. The molecule has 0 aliphatic heterocycles. The highest BCUT2D eigenvalue weighted by Crippen LogP contribution is 1.89. The number of carbonyl (C=O) groups excluding carboxylic acids is 1. The minimum absolute atomic E-state index is 0.0195. The quantitative estimate of drug-likeness (QED) is 0.446. The minimum Gasteiger partial charge on any atom is -0.464 e. The van der Waals surface area contributed by atoms with Crippen LogP contribution < -0.4 is 5.73 Å². The molecule has 0 amide bonds. The van der Waals surface area contributed by atoms with Gasteiger partial charge in [-0.1, -0.05) is 0 Å². The fourth-order valence-electron chi connectivity index (χ4n) is 0.298. The zero-order chi connectivity index (χ0) is 7.11. The SMILES string of the molecule is CSCCOC(=O)CN. The molecule has 0 aromatic rings. The monoisotopic (exact) mass is 149 g/mol. The summed E-state index contributed by atoms with van der Waals surface area (Å²) in [5, 5.41) is 0. The molecule has 3 nitrogen and oxygen atoms in total. The van der Waals surface area contributed by atoms with E-state index in [2.05, 4.69) is 4.74 Å². The van der Waals surface area contributed by atoms with Crippen molar-refractivity contribution in [1.82, 2.24) is 0 Å². The zero-order valence-corrected chi connectivity index (χ0v) is 6.24. The molecule has 0 saturated carbocycles. The first-order valence-electron chi connectivity index (χ1n) is 2.66. The van der Waals surface area contributed by atoms with Crippen molar-refractivity contribution in [2.75, 3.05) is 25.2 Å². The van der Waals surface area contributed by atoms with Gasteiger partial charge in [0.2, 0.25) is 0 Å². The van der Waals surface area contributed by atoms with Crippen molar-refractivity contribution in [3.63, 3.8) is 0 Å². The van der Waals surface area contributed by atoms with Crippen molar-refractivity contribution in [3.05, 3.63) is 0 Å². The Morgan fingerprint density at radius 3 is 2.89 bits per heavy atom. The van der Waals surface area contributed by atoms with Crippen molar-refractivity contribution in [1.29, 1.82) is 0 Å². The number of esters is 1. The van der Waals surface area contributed by atoms with E-state index in [1.54, 1.807) is 11.8 Å². The van der Waals surface area contributed by atoms with Gasteiger partial charge < -0.3 is 10.5 Å². The van der Waals surface area contributed by atoms with Crippen LogP contribution in [-0.2, 0) is 9.53 Å². The average molecular weight is 149 g/mol. The summed E-state index contributed by atoms with van der Waals surface area (Å²) in [7, 11) is 0. The molecule has 0 rings (SSSR count). The summed E-state index contributed by atoms with van der Waals surface area (Å²) in [5.74, 6) is 0.509. The average Bonchev–Trinajstić information content (AvgIpc) is 1.89. The predicted molar refractivity (Wildman–Crippen MR) is 38.4 cm³/mol. The summed E-state index contributed by atoms with van der Waals surface area (Å²) in [5.41, 5.74) is 4.97. The third-order valence-corrected chi connectivity index (χ3v) is 1.29. The van der Waals surface area contributed by atoms with Crippen LogP contribution in [0.25, 0.3) is 0 Å². The Labute approximate surface area is 58.9 Å². The molecule has 0 aliphatic rings. The molecular weight excluding hydrogens is 138 g/mol. The van der Waals surface area contributed by atoms with Gasteiger partial charge >= 0.3 is 5.97 Å². The lowest BCUT2D eigenvalue weighted by atomic mass is 10.7. The maximum absolute atomic E-state index is 10.3. The van der Waals surface area contributed by atoms with Crippen LogP contribution >= 0.6 is 11.8 Å². The number of carbonyl (C=O) groups is 1. The Kier molecular flexibility index (Phi) is 5.76. The smallest absolute Gasteiger partial charge is 0.319 e. The Morgan fingerprint density at radius 1 is 1.78 bits per heavy atom. The second-order valence-corrected chi connectivity index (χ2v) is 2.40. The van der Waals surface area contributed by atoms with Gasteiger partial charge in [-0.25, -0.2) is 0 Å². The number of ether oxygens (including phenoxy) is 1. The van der Waals surface area contributed by atoms with Crippen molar-refractivity contribution in [3.8, 4) is 0 Å². The third-order valence-electron chi connectivity index (χ3n) is 0.717. The van der Waals surface area contributed by atoms with E-state index < -0.39 is 0 Å². The van der Waals surface area contributed by atoms with Gasteiger partial charge in [0.05, 0.1) is 6.54 Å². The standard InChI is InChI=1S/C5H11NO2S/c1-9-3-2-8-5(7)4-6/h2-4,6H2,1H3. The normalized spacial score (nSPS) is 9.11. The van der Waals surface area contributed by atoms with Crippen molar-refractivity contribution in [2.45, 2.75) is 0 Å². The largest absolute Gasteiger partial charge is 0.464 e.